The molecule has 3 rings (SSSR count). The van der Waals surface area contributed by atoms with Gasteiger partial charge in [-0.05, 0) is 66.8 Å². The van der Waals surface area contributed by atoms with Gasteiger partial charge in [-0.2, -0.15) is 5.26 Å². The predicted molar refractivity (Wildman–Crippen MR) is 76.2 cm³/mol. The Bertz CT molecular complexity index is 652. The molecule has 20 heavy (non-hydrogen) atoms. The summed E-state index contributed by atoms with van der Waals surface area (Å²) in [5.74, 6) is 2.96. The van der Waals surface area contributed by atoms with Crippen LogP contribution in [0.3, 0.4) is 0 Å². The molecule has 2 aromatic rings. The summed E-state index contributed by atoms with van der Waals surface area (Å²) in [4.78, 5) is 0. The van der Waals surface area contributed by atoms with E-state index in [2.05, 4.69) is 6.07 Å². The SMILES string of the molecule is COc1ccc(Oc2ccc(C#N)cc2C2CC2)cc1. The van der Waals surface area contributed by atoms with Gasteiger partial charge in [0, 0.05) is 0 Å². The minimum absolute atomic E-state index is 0.538. The minimum atomic E-state index is 0.538. The first-order valence-electron chi connectivity index (χ1n) is 6.66. The van der Waals surface area contributed by atoms with E-state index >= 15 is 0 Å². The van der Waals surface area contributed by atoms with Crippen molar-refractivity contribution in [3.63, 3.8) is 0 Å². The van der Waals surface area contributed by atoms with Crippen LogP contribution < -0.4 is 9.47 Å². The standard InChI is InChI=1S/C17H15NO2/c1-19-14-5-7-15(8-6-14)20-17-9-2-12(11-18)10-16(17)13-3-4-13/h2,5-10,13H,3-4H2,1H3. The van der Waals surface area contributed by atoms with Gasteiger partial charge in [0.05, 0.1) is 18.7 Å². The third kappa shape index (κ3) is 2.60. The Morgan fingerprint density at radius 3 is 2.35 bits per heavy atom. The Labute approximate surface area is 118 Å². The van der Waals surface area contributed by atoms with Crippen molar-refractivity contribution in [1.82, 2.24) is 0 Å². The van der Waals surface area contributed by atoms with Crippen LogP contribution in [-0.2, 0) is 0 Å². The zero-order valence-corrected chi connectivity index (χ0v) is 11.3. The van der Waals surface area contributed by atoms with Crippen LogP contribution in [0.1, 0.15) is 29.9 Å². The van der Waals surface area contributed by atoms with Crippen molar-refractivity contribution in [2.45, 2.75) is 18.8 Å². The lowest BCUT2D eigenvalue weighted by Gasteiger charge is -2.11. The quantitative estimate of drug-likeness (QED) is 0.830. The number of nitrogens with zero attached hydrogens (tertiary/aromatic N) is 1. The molecule has 1 saturated carbocycles. The molecule has 100 valence electrons. The third-order valence-corrected chi connectivity index (χ3v) is 3.44. The first kappa shape index (κ1) is 12.6. The molecular weight excluding hydrogens is 250 g/mol. The van der Waals surface area contributed by atoms with Crippen molar-refractivity contribution in [3.05, 3.63) is 53.6 Å². The number of benzene rings is 2. The van der Waals surface area contributed by atoms with Gasteiger partial charge in [0.2, 0.25) is 0 Å². The lowest BCUT2D eigenvalue weighted by atomic mass is 10.1. The van der Waals surface area contributed by atoms with Gasteiger partial charge in [-0.25, -0.2) is 0 Å². The van der Waals surface area contributed by atoms with Crippen LogP contribution in [0.25, 0.3) is 0 Å². The summed E-state index contributed by atoms with van der Waals surface area (Å²) in [6, 6.07) is 15.3. The zero-order chi connectivity index (χ0) is 13.9. The molecule has 0 amide bonds. The van der Waals surface area contributed by atoms with Gasteiger partial charge in [-0.15, -0.1) is 0 Å². The third-order valence-electron chi connectivity index (χ3n) is 3.44. The highest BCUT2D eigenvalue weighted by molar-refractivity contribution is 5.47. The van der Waals surface area contributed by atoms with E-state index in [-0.39, 0.29) is 0 Å². The zero-order valence-electron chi connectivity index (χ0n) is 11.3. The van der Waals surface area contributed by atoms with E-state index in [4.69, 9.17) is 14.7 Å². The van der Waals surface area contributed by atoms with Crippen molar-refractivity contribution in [3.8, 4) is 23.3 Å². The molecule has 0 unspecified atom stereocenters. The summed E-state index contributed by atoms with van der Waals surface area (Å²) in [5, 5.41) is 9.00. The molecule has 0 bridgehead atoms. The highest BCUT2D eigenvalue weighted by Gasteiger charge is 2.27. The van der Waals surface area contributed by atoms with Crippen molar-refractivity contribution in [2.24, 2.45) is 0 Å². The van der Waals surface area contributed by atoms with E-state index in [1.807, 2.05) is 36.4 Å². The second-order valence-corrected chi connectivity index (χ2v) is 4.92. The number of hydrogen-bond donors (Lipinski definition) is 0. The smallest absolute Gasteiger partial charge is 0.130 e. The van der Waals surface area contributed by atoms with Crippen molar-refractivity contribution in [1.29, 1.82) is 5.26 Å². The second-order valence-electron chi connectivity index (χ2n) is 4.92. The molecule has 2 aromatic carbocycles. The fourth-order valence-electron chi connectivity index (χ4n) is 2.20. The maximum absolute atomic E-state index is 9.00. The number of methoxy groups -OCH3 is 1. The molecule has 0 aromatic heterocycles. The van der Waals surface area contributed by atoms with Gasteiger partial charge in [0.25, 0.3) is 0 Å². The number of ether oxygens (including phenoxy) is 2. The van der Waals surface area contributed by atoms with E-state index in [0.29, 0.717) is 11.5 Å². The predicted octanol–water partition coefficient (Wildman–Crippen LogP) is 4.24. The summed E-state index contributed by atoms with van der Waals surface area (Å²) in [6.45, 7) is 0. The molecule has 0 radical (unpaired) electrons. The molecule has 3 nitrogen and oxygen atoms in total. The molecule has 0 heterocycles. The van der Waals surface area contributed by atoms with Crippen molar-refractivity contribution >= 4 is 0 Å². The Balaban J connectivity index is 1.87. The summed E-state index contributed by atoms with van der Waals surface area (Å²) < 4.78 is 11.1. The summed E-state index contributed by atoms with van der Waals surface area (Å²) in [6.07, 6.45) is 2.35. The molecule has 0 atom stereocenters. The van der Waals surface area contributed by atoms with Crippen molar-refractivity contribution in [2.75, 3.05) is 7.11 Å². The van der Waals surface area contributed by atoms with E-state index in [1.54, 1.807) is 13.2 Å². The number of hydrogen-bond acceptors (Lipinski definition) is 3. The highest BCUT2D eigenvalue weighted by Crippen LogP contribution is 2.45. The Hall–Kier alpha value is -2.47. The largest absolute Gasteiger partial charge is 0.497 e. The lowest BCUT2D eigenvalue weighted by molar-refractivity contribution is 0.412. The molecule has 3 heteroatoms. The van der Waals surface area contributed by atoms with Crippen molar-refractivity contribution < 1.29 is 9.47 Å². The Morgan fingerprint density at radius 1 is 1.05 bits per heavy atom. The van der Waals surface area contributed by atoms with E-state index in [0.717, 1.165) is 22.8 Å². The van der Waals surface area contributed by atoms with E-state index in [1.165, 1.54) is 12.8 Å². The van der Waals surface area contributed by atoms with Gasteiger partial charge in [0.1, 0.15) is 17.2 Å². The molecule has 0 spiro atoms. The molecule has 1 fully saturated rings. The van der Waals surface area contributed by atoms with Crippen LogP contribution in [0.15, 0.2) is 42.5 Å². The van der Waals surface area contributed by atoms with Gasteiger partial charge < -0.3 is 9.47 Å². The van der Waals surface area contributed by atoms with Gasteiger partial charge in [-0.3, -0.25) is 0 Å². The summed E-state index contributed by atoms with van der Waals surface area (Å²) >= 11 is 0. The normalized spacial score (nSPS) is 13.6. The van der Waals surface area contributed by atoms with Crippen LogP contribution in [-0.4, -0.2) is 7.11 Å². The first-order valence-corrected chi connectivity index (χ1v) is 6.66. The van der Waals surface area contributed by atoms with Crippen LogP contribution in [0.5, 0.6) is 17.2 Å². The van der Waals surface area contributed by atoms with Crippen LogP contribution >= 0.6 is 0 Å². The second kappa shape index (κ2) is 5.26. The topological polar surface area (TPSA) is 42.2 Å². The molecule has 0 N–H and O–H groups in total. The van der Waals surface area contributed by atoms with E-state index in [9.17, 15) is 0 Å². The summed E-state index contributed by atoms with van der Waals surface area (Å²) in [7, 11) is 1.64. The van der Waals surface area contributed by atoms with Gasteiger partial charge in [0.15, 0.2) is 0 Å². The average molecular weight is 265 g/mol. The lowest BCUT2D eigenvalue weighted by Crippen LogP contribution is -1.92. The maximum atomic E-state index is 9.00. The fraction of sp³-hybridized carbons (Fsp3) is 0.235. The first-order chi connectivity index (χ1) is 9.80. The van der Waals surface area contributed by atoms with Crippen LogP contribution in [0.2, 0.25) is 0 Å². The molecule has 0 aliphatic heterocycles. The maximum Gasteiger partial charge on any atom is 0.130 e. The van der Waals surface area contributed by atoms with Gasteiger partial charge in [-0.1, -0.05) is 0 Å². The minimum Gasteiger partial charge on any atom is -0.497 e. The van der Waals surface area contributed by atoms with E-state index < -0.39 is 0 Å². The molecular formula is C17H15NO2. The average Bonchev–Trinajstić information content (AvgIpc) is 3.33. The molecule has 1 aliphatic rings. The number of nitriles is 1. The van der Waals surface area contributed by atoms with Gasteiger partial charge >= 0.3 is 0 Å². The highest BCUT2D eigenvalue weighted by atomic mass is 16.5. The Kier molecular flexibility index (Phi) is 3.30. The van der Waals surface area contributed by atoms with Crippen LogP contribution in [0, 0.1) is 11.3 Å². The monoisotopic (exact) mass is 265 g/mol. The molecule has 0 saturated heterocycles. The molecule has 1 aliphatic carbocycles. The number of rotatable bonds is 4. The van der Waals surface area contributed by atoms with Crippen LogP contribution in [0.4, 0.5) is 0 Å². The Morgan fingerprint density at radius 2 is 1.75 bits per heavy atom. The fourth-order valence-corrected chi connectivity index (χ4v) is 2.20. The summed E-state index contributed by atoms with van der Waals surface area (Å²) in [5.41, 5.74) is 1.83.